The van der Waals surface area contributed by atoms with E-state index in [-0.39, 0.29) is 23.2 Å². The molecule has 0 atom stereocenters. The molecule has 0 saturated heterocycles. The van der Waals surface area contributed by atoms with Crippen LogP contribution < -0.4 is 10.6 Å². The number of nitrogens with one attached hydrogen (secondary N) is 2. The van der Waals surface area contributed by atoms with Crippen molar-refractivity contribution in [1.82, 2.24) is 20.5 Å². The van der Waals surface area contributed by atoms with E-state index >= 15 is 0 Å². The number of aryl methyl sites for hydroxylation is 1. The number of nitrogens with zero attached hydrogens (tertiary/aromatic N) is 3. The topological polar surface area (TPSA) is 96.9 Å². The molecule has 0 fully saturated rings. The molecule has 132 valence electrons. The Morgan fingerprint density at radius 1 is 1.04 bits per heavy atom. The molecule has 7 nitrogen and oxygen atoms in total. The lowest BCUT2D eigenvalue weighted by Gasteiger charge is -2.03. The predicted molar refractivity (Wildman–Crippen MR) is 98.7 cm³/mol. The fourth-order valence-electron chi connectivity index (χ4n) is 2.16. The molecule has 0 bridgehead atoms. The van der Waals surface area contributed by atoms with Crippen LogP contribution in [0.25, 0.3) is 0 Å². The summed E-state index contributed by atoms with van der Waals surface area (Å²) in [5, 5.41) is 14.4. The van der Waals surface area contributed by atoms with Gasteiger partial charge in [0.25, 0.3) is 5.91 Å². The molecule has 2 heterocycles. The lowest BCUT2D eigenvalue weighted by molar-refractivity contribution is -0.121. The molecule has 0 saturated carbocycles. The highest BCUT2D eigenvalue weighted by atomic mass is 32.1. The van der Waals surface area contributed by atoms with Gasteiger partial charge in [-0.15, -0.1) is 10.2 Å². The van der Waals surface area contributed by atoms with Gasteiger partial charge < -0.3 is 10.6 Å². The van der Waals surface area contributed by atoms with Gasteiger partial charge in [-0.25, -0.2) is 0 Å². The fraction of sp³-hybridized carbons (Fsp3) is 0.167. The first-order chi connectivity index (χ1) is 12.7. The van der Waals surface area contributed by atoms with Crippen LogP contribution in [0.4, 0.5) is 5.69 Å². The zero-order valence-corrected chi connectivity index (χ0v) is 14.7. The number of carbonyl (C=O) groups is 2. The summed E-state index contributed by atoms with van der Waals surface area (Å²) in [7, 11) is 0. The maximum Gasteiger partial charge on any atom is 0.286 e. The van der Waals surface area contributed by atoms with Gasteiger partial charge in [-0.3, -0.25) is 14.6 Å². The molecule has 0 radical (unpaired) electrons. The quantitative estimate of drug-likeness (QED) is 0.668. The van der Waals surface area contributed by atoms with Gasteiger partial charge >= 0.3 is 0 Å². The van der Waals surface area contributed by atoms with Gasteiger partial charge in [-0.2, -0.15) is 0 Å². The van der Waals surface area contributed by atoms with Crippen LogP contribution in [0.1, 0.15) is 26.8 Å². The van der Waals surface area contributed by atoms with Crippen molar-refractivity contribution in [2.24, 2.45) is 0 Å². The molecule has 1 aromatic carbocycles. The fourth-order valence-corrected chi connectivity index (χ4v) is 2.90. The van der Waals surface area contributed by atoms with E-state index in [4.69, 9.17) is 0 Å². The van der Waals surface area contributed by atoms with E-state index in [1.165, 1.54) is 11.3 Å². The molecule has 2 aromatic heterocycles. The van der Waals surface area contributed by atoms with E-state index in [0.717, 1.165) is 5.56 Å². The van der Waals surface area contributed by atoms with Crippen LogP contribution >= 0.6 is 11.3 Å². The molecule has 0 aliphatic heterocycles. The Morgan fingerprint density at radius 3 is 2.65 bits per heavy atom. The van der Waals surface area contributed by atoms with Gasteiger partial charge in [0, 0.05) is 37.5 Å². The zero-order chi connectivity index (χ0) is 18.2. The van der Waals surface area contributed by atoms with Crippen LogP contribution in [0.5, 0.6) is 0 Å². The van der Waals surface area contributed by atoms with E-state index < -0.39 is 0 Å². The Hall–Kier alpha value is -3.13. The van der Waals surface area contributed by atoms with Crippen molar-refractivity contribution in [2.45, 2.75) is 19.4 Å². The normalized spacial score (nSPS) is 10.3. The maximum absolute atomic E-state index is 12.1. The highest BCUT2D eigenvalue weighted by Gasteiger charge is 2.14. The van der Waals surface area contributed by atoms with E-state index in [2.05, 4.69) is 25.8 Å². The Balaban J connectivity index is 1.46. The summed E-state index contributed by atoms with van der Waals surface area (Å²) in [4.78, 5) is 28.1. The largest absolute Gasteiger partial charge is 0.352 e. The number of para-hydroxylation sites is 1. The number of carbonyl (C=O) groups excluding carboxylic acids is 2. The number of pyridine rings is 1. The minimum absolute atomic E-state index is 0.0839. The highest BCUT2D eigenvalue weighted by molar-refractivity contribution is 7.13. The number of anilines is 1. The molecule has 0 aliphatic carbocycles. The molecule has 8 heteroatoms. The van der Waals surface area contributed by atoms with Crippen LogP contribution in [0.15, 0.2) is 54.9 Å². The van der Waals surface area contributed by atoms with E-state index in [0.29, 0.717) is 23.7 Å². The minimum Gasteiger partial charge on any atom is -0.352 e. The predicted octanol–water partition coefficient (Wildman–Crippen LogP) is 2.43. The first kappa shape index (κ1) is 17.7. The molecule has 26 heavy (non-hydrogen) atoms. The number of benzene rings is 1. The summed E-state index contributed by atoms with van der Waals surface area (Å²) in [6, 6.07) is 12.9. The summed E-state index contributed by atoms with van der Waals surface area (Å²) < 4.78 is 0. The lowest BCUT2D eigenvalue weighted by atomic mass is 10.2. The molecular formula is C18H17N5O2S. The van der Waals surface area contributed by atoms with Crippen molar-refractivity contribution >= 4 is 28.8 Å². The number of aromatic nitrogens is 3. The van der Waals surface area contributed by atoms with E-state index in [9.17, 15) is 9.59 Å². The second-order valence-electron chi connectivity index (χ2n) is 5.46. The molecule has 2 N–H and O–H groups in total. The maximum atomic E-state index is 12.1. The van der Waals surface area contributed by atoms with Crippen molar-refractivity contribution in [1.29, 1.82) is 0 Å². The van der Waals surface area contributed by atoms with Crippen LogP contribution in [0.2, 0.25) is 0 Å². The summed E-state index contributed by atoms with van der Waals surface area (Å²) in [6.07, 6.45) is 4.12. The molecule has 0 spiro atoms. The minimum atomic E-state index is -0.305. The standard InChI is InChI=1S/C18H17N5O2S/c24-15(20-12-13-5-4-10-19-11-13)8-9-16-22-23-18(26-16)17(25)21-14-6-2-1-3-7-14/h1-7,10-11H,8-9,12H2,(H,20,24)(H,21,25). The first-order valence-electron chi connectivity index (χ1n) is 8.05. The van der Waals surface area contributed by atoms with Crippen LogP contribution in [-0.4, -0.2) is 27.0 Å². The third kappa shape index (κ3) is 5.18. The van der Waals surface area contributed by atoms with Crippen molar-refractivity contribution in [2.75, 3.05) is 5.32 Å². The smallest absolute Gasteiger partial charge is 0.286 e. The molecule has 0 unspecified atom stereocenters. The Bertz CT molecular complexity index is 868. The summed E-state index contributed by atoms with van der Waals surface area (Å²) in [6.45, 7) is 0.438. The molecule has 0 aliphatic rings. The van der Waals surface area contributed by atoms with Gasteiger partial charge in [-0.1, -0.05) is 35.6 Å². The highest BCUT2D eigenvalue weighted by Crippen LogP contribution is 2.14. The zero-order valence-electron chi connectivity index (χ0n) is 13.9. The Labute approximate surface area is 154 Å². The summed E-state index contributed by atoms with van der Waals surface area (Å²) in [5.41, 5.74) is 1.64. The van der Waals surface area contributed by atoms with Gasteiger partial charge in [0.2, 0.25) is 10.9 Å². The first-order valence-corrected chi connectivity index (χ1v) is 8.87. The SMILES string of the molecule is O=C(CCc1nnc(C(=O)Nc2ccccc2)s1)NCc1cccnc1. The number of amides is 2. The van der Waals surface area contributed by atoms with Crippen molar-refractivity contribution in [3.05, 3.63) is 70.4 Å². The molecule has 2 amide bonds. The van der Waals surface area contributed by atoms with Crippen LogP contribution in [0, 0.1) is 0 Å². The van der Waals surface area contributed by atoms with E-state index in [1.807, 2.05) is 30.3 Å². The Kier molecular flexibility index (Phi) is 6.00. The van der Waals surface area contributed by atoms with Crippen molar-refractivity contribution in [3.8, 4) is 0 Å². The molecular weight excluding hydrogens is 350 g/mol. The molecule has 3 aromatic rings. The van der Waals surface area contributed by atoms with Crippen molar-refractivity contribution < 1.29 is 9.59 Å². The monoisotopic (exact) mass is 367 g/mol. The number of hydrogen-bond acceptors (Lipinski definition) is 6. The van der Waals surface area contributed by atoms with Gasteiger partial charge in [0.15, 0.2) is 0 Å². The third-order valence-electron chi connectivity index (χ3n) is 3.47. The number of hydrogen-bond donors (Lipinski definition) is 2. The van der Waals surface area contributed by atoms with Gasteiger partial charge in [0.05, 0.1) is 0 Å². The van der Waals surface area contributed by atoms with Crippen molar-refractivity contribution in [3.63, 3.8) is 0 Å². The molecule has 3 rings (SSSR count). The number of rotatable bonds is 7. The average molecular weight is 367 g/mol. The Morgan fingerprint density at radius 2 is 1.88 bits per heavy atom. The van der Waals surface area contributed by atoms with E-state index in [1.54, 1.807) is 24.5 Å². The van der Waals surface area contributed by atoms with Crippen LogP contribution in [0.3, 0.4) is 0 Å². The van der Waals surface area contributed by atoms with Crippen LogP contribution in [-0.2, 0) is 17.8 Å². The lowest BCUT2D eigenvalue weighted by Crippen LogP contribution is -2.23. The third-order valence-corrected chi connectivity index (χ3v) is 4.45. The second kappa shape index (κ2) is 8.82. The van der Waals surface area contributed by atoms with Gasteiger partial charge in [0.1, 0.15) is 5.01 Å². The van der Waals surface area contributed by atoms with Gasteiger partial charge in [-0.05, 0) is 23.8 Å². The summed E-state index contributed by atoms with van der Waals surface area (Å²) >= 11 is 1.19. The average Bonchev–Trinajstić information content (AvgIpc) is 3.16. The summed E-state index contributed by atoms with van der Waals surface area (Å²) in [5.74, 6) is -0.389. The second-order valence-corrected chi connectivity index (χ2v) is 6.52.